The van der Waals surface area contributed by atoms with Gasteiger partial charge in [-0.2, -0.15) is 0 Å². The summed E-state index contributed by atoms with van der Waals surface area (Å²) in [7, 11) is 0. The van der Waals surface area contributed by atoms with Gasteiger partial charge in [0.05, 0.1) is 5.75 Å². The summed E-state index contributed by atoms with van der Waals surface area (Å²) in [6.45, 7) is 10.4. The molecular weight excluding hydrogens is 322 g/mol. The lowest BCUT2D eigenvalue weighted by atomic mass is 10.2. The SMILES string of the molecule is CCCCSc1nnc(SCC(=O)N(C(C)C)C(C)C)s1. The summed E-state index contributed by atoms with van der Waals surface area (Å²) in [5.41, 5.74) is 0. The minimum absolute atomic E-state index is 0.167. The van der Waals surface area contributed by atoms with Crippen molar-refractivity contribution in [1.29, 1.82) is 0 Å². The minimum Gasteiger partial charge on any atom is -0.337 e. The van der Waals surface area contributed by atoms with E-state index in [1.165, 1.54) is 24.6 Å². The molecule has 1 aromatic rings. The molecule has 7 heteroatoms. The van der Waals surface area contributed by atoms with E-state index in [0.29, 0.717) is 5.75 Å². The Kier molecular flexibility index (Phi) is 8.66. The van der Waals surface area contributed by atoms with E-state index in [-0.39, 0.29) is 18.0 Å². The Morgan fingerprint density at radius 2 is 1.71 bits per heavy atom. The number of nitrogens with zero attached hydrogens (tertiary/aromatic N) is 3. The van der Waals surface area contributed by atoms with E-state index in [2.05, 4.69) is 44.8 Å². The molecule has 0 aliphatic carbocycles. The molecule has 0 bridgehead atoms. The second kappa shape index (κ2) is 9.69. The number of hydrogen-bond acceptors (Lipinski definition) is 6. The number of aromatic nitrogens is 2. The quantitative estimate of drug-likeness (QED) is 0.495. The summed E-state index contributed by atoms with van der Waals surface area (Å²) in [6.07, 6.45) is 2.39. The largest absolute Gasteiger partial charge is 0.337 e. The van der Waals surface area contributed by atoms with E-state index in [9.17, 15) is 4.79 Å². The van der Waals surface area contributed by atoms with Crippen LogP contribution in [0.5, 0.6) is 0 Å². The normalized spacial score (nSPS) is 11.4. The van der Waals surface area contributed by atoms with Gasteiger partial charge in [0, 0.05) is 17.8 Å². The van der Waals surface area contributed by atoms with Crippen LogP contribution in [0, 0.1) is 0 Å². The molecule has 1 amide bonds. The maximum absolute atomic E-state index is 12.3. The Morgan fingerprint density at radius 1 is 1.14 bits per heavy atom. The molecule has 0 atom stereocenters. The Bertz CT molecular complexity index is 427. The summed E-state index contributed by atoms with van der Waals surface area (Å²) >= 11 is 4.83. The van der Waals surface area contributed by atoms with Gasteiger partial charge in [0.15, 0.2) is 8.68 Å². The van der Waals surface area contributed by atoms with E-state index < -0.39 is 0 Å². The zero-order valence-corrected chi connectivity index (χ0v) is 15.9. The maximum Gasteiger partial charge on any atom is 0.233 e. The fourth-order valence-electron chi connectivity index (χ4n) is 1.99. The molecule has 0 saturated carbocycles. The average Bonchev–Trinajstić information content (AvgIpc) is 2.84. The fourth-order valence-corrected chi connectivity index (χ4v) is 5.03. The van der Waals surface area contributed by atoms with Crippen LogP contribution in [0.1, 0.15) is 47.5 Å². The summed E-state index contributed by atoms with van der Waals surface area (Å²) in [5, 5.41) is 8.32. The summed E-state index contributed by atoms with van der Waals surface area (Å²) in [5.74, 6) is 1.69. The van der Waals surface area contributed by atoms with E-state index in [1.54, 1.807) is 23.1 Å². The number of carbonyl (C=O) groups is 1. The molecule has 0 N–H and O–H groups in total. The van der Waals surface area contributed by atoms with Crippen molar-refractivity contribution in [3.8, 4) is 0 Å². The van der Waals surface area contributed by atoms with Crippen LogP contribution in [0.15, 0.2) is 8.68 Å². The molecule has 0 radical (unpaired) electrons. The number of hydrogen-bond donors (Lipinski definition) is 0. The summed E-state index contributed by atoms with van der Waals surface area (Å²) in [6, 6.07) is 0.459. The first kappa shape index (κ1) is 18.8. The highest BCUT2D eigenvalue weighted by Gasteiger charge is 2.20. The molecule has 0 aliphatic rings. The predicted octanol–water partition coefficient (Wildman–Crippen LogP) is 4.17. The predicted molar refractivity (Wildman–Crippen MR) is 93.4 cm³/mol. The van der Waals surface area contributed by atoms with Crippen molar-refractivity contribution in [2.75, 3.05) is 11.5 Å². The molecule has 21 heavy (non-hydrogen) atoms. The van der Waals surface area contributed by atoms with Gasteiger partial charge in [0.25, 0.3) is 0 Å². The minimum atomic E-state index is 0.167. The highest BCUT2D eigenvalue weighted by molar-refractivity contribution is 8.03. The number of unbranched alkanes of at least 4 members (excludes halogenated alkanes) is 1. The van der Waals surface area contributed by atoms with Gasteiger partial charge in [-0.15, -0.1) is 10.2 Å². The third-order valence-electron chi connectivity index (χ3n) is 2.83. The van der Waals surface area contributed by atoms with Gasteiger partial charge in [-0.25, -0.2) is 0 Å². The van der Waals surface area contributed by atoms with Gasteiger partial charge in [-0.1, -0.05) is 48.2 Å². The molecule has 120 valence electrons. The number of carbonyl (C=O) groups excluding carboxylic acids is 1. The first-order valence-corrected chi connectivity index (χ1v) is 10.1. The van der Waals surface area contributed by atoms with Crippen LogP contribution < -0.4 is 0 Å². The van der Waals surface area contributed by atoms with Crippen molar-refractivity contribution in [3.63, 3.8) is 0 Å². The van der Waals surface area contributed by atoms with Gasteiger partial charge >= 0.3 is 0 Å². The second-order valence-corrected chi connectivity index (χ2v) is 8.86. The van der Waals surface area contributed by atoms with Crippen LogP contribution >= 0.6 is 34.9 Å². The zero-order chi connectivity index (χ0) is 15.8. The van der Waals surface area contributed by atoms with E-state index in [0.717, 1.165) is 14.4 Å². The van der Waals surface area contributed by atoms with Gasteiger partial charge in [0.1, 0.15) is 0 Å². The van der Waals surface area contributed by atoms with E-state index >= 15 is 0 Å². The molecule has 0 fully saturated rings. The lowest BCUT2D eigenvalue weighted by molar-refractivity contribution is -0.131. The summed E-state index contributed by atoms with van der Waals surface area (Å²) in [4.78, 5) is 14.2. The highest BCUT2D eigenvalue weighted by Crippen LogP contribution is 2.29. The monoisotopic (exact) mass is 347 g/mol. The first-order chi connectivity index (χ1) is 9.95. The molecule has 0 aliphatic heterocycles. The van der Waals surface area contributed by atoms with E-state index in [1.807, 2.05) is 4.90 Å². The topological polar surface area (TPSA) is 46.1 Å². The van der Waals surface area contributed by atoms with Gasteiger partial charge in [-0.05, 0) is 34.1 Å². The van der Waals surface area contributed by atoms with Crippen LogP contribution in [0.2, 0.25) is 0 Å². The van der Waals surface area contributed by atoms with Gasteiger partial charge in [-0.3, -0.25) is 4.79 Å². The van der Waals surface area contributed by atoms with Crippen LogP contribution in [0.4, 0.5) is 0 Å². The van der Waals surface area contributed by atoms with Crippen LogP contribution in [0.3, 0.4) is 0 Å². The molecule has 1 heterocycles. The molecule has 0 unspecified atom stereocenters. The van der Waals surface area contributed by atoms with Crippen molar-refractivity contribution in [2.45, 2.75) is 68.2 Å². The first-order valence-electron chi connectivity index (χ1n) is 7.36. The Hall–Kier alpha value is -0.270. The average molecular weight is 348 g/mol. The molecule has 0 aromatic carbocycles. The lowest BCUT2D eigenvalue weighted by Crippen LogP contribution is -2.43. The Balaban J connectivity index is 2.45. The van der Waals surface area contributed by atoms with Gasteiger partial charge in [0.2, 0.25) is 5.91 Å². The molecule has 4 nitrogen and oxygen atoms in total. The molecule has 1 rings (SSSR count). The van der Waals surface area contributed by atoms with E-state index in [4.69, 9.17) is 0 Å². The van der Waals surface area contributed by atoms with Crippen molar-refractivity contribution >= 4 is 40.8 Å². The van der Waals surface area contributed by atoms with Gasteiger partial charge < -0.3 is 4.90 Å². The van der Waals surface area contributed by atoms with Crippen molar-refractivity contribution < 1.29 is 4.79 Å². The van der Waals surface area contributed by atoms with Crippen LogP contribution in [-0.2, 0) is 4.79 Å². The molecular formula is C14H25N3OS3. The van der Waals surface area contributed by atoms with Crippen LogP contribution in [0.25, 0.3) is 0 Å². The Morgan fingerprint density at radius 3 is 2.24 bits per heavy atom. The van der Waals surface area contributed by atoms with Crippen molar-refractivity contribution in [1.82, 2.24) is 15.1 Å². The number of amides is 1. The molecule has 1 aromatic heterocycles. The highest BCUT2D eigenvalue weighted by atomic mass is 32.2. The molecule has 0 spiro atoms. The standard InChI is InChI=1S/C14H25N3OS3/c1-6-7-8-19-13-15-16-14(21-13)20-9-12(18)17(10(2)3)11(4)5/h10-11H,6-9H2,1-5H3. The third kappa shape index (κ3) is 6.57. The molecule has 0 saturated heterocycles. The smallest absolute Gasteiger partial charge is 0.233 e. The number of rotatable bonds is 9. The van der Waals surface area contributed by atoms with Crippen LogP contribution in [-0.4, -0.2) is 44.6 Å². The van der Waals surface area contributed by atoms with Crippen molar-refractivity contribution in [2.24, 2.45) is 0 Å². The zero-order valence-electron chi connectivity index (χ0n) is 13.5. The summed E-state index contributed by atoms with van der Waals surface area (Å²) < 4.78 is 1.89. The van der Waals surface area contributed by atoms with Crippen molar-refractivity contribution in [3.05, 3.63) is 0 Å². The number of thioether (sulfide) groups is 2. The third-order valence-corrected chi connectivity index (χ3v) is 6.09. The maximum atomic E-state index is 12.3. The Labute approximate surface area is 140 Å². The fraction of sp³-hybridized carbons (Fsp3) is 0.786. The second-order valence-electron chi connectivity index (χ2n) is 5.31. The lowest BCUT2D eigenvalue weighted by Gasteiger charge is -2.30.